The van der Waals surface area contributed by atoms with Crippen molar-refractivity contribution in [1.82, 2.24) is 14.5 Å². The van der Waals surface area contributed by atoms with E-state index in [0.29, 0.717) is 57.1 Å². The number of carboxylic acids is 1. The fourth-order valence-corrected chi connectivity index (χ4v) is 4.53. The first-order chi connectivity index (χ1) is 16.8. The monoisotopic (exact) mass is 541 g/mol. The number of hydrogen-bond donors (Lipinski definition) is 2. The Morgan fingerprint density at radius 2 is 1.69 bits per heavy atom. The fourth-order valence-electron chi connectivity index (χ4n) is 3.08. The van der Waals surface area contributed by atoms with Gasteiger partial charge in [-0.15, -0.1) is 0 Å². The van der Waals surface area contributed by atoms with Gasteiger partial charge in [0.2, 0.25) is 10.0 Å². The van der Waals surface area contributed by atoms with E-state index in [1.165, 1.54) is 4.31 Å². The Balaban J connectivity index is 0.000000809. The lowest BCUT2D eigenvalue weighted by Crippen LogP contribution is -2.48. The van der Waals surface area contributed by atoms with E-state index in [-0.39, 0.29) is 24.3 Å². The van der Waals surface area contributed by atoms with Gasteiger partial charge in [-0.2, -0.15) is 17.5 Å². The molecule has 1 aliphatic heterocycles. The number of carbonyl (C=O) groups is 2. The number of aliphatic carboxylic acids is 1. The number of hydrogen-bond acceptors (Lipinski definition) is 7. The SMILES string of the molecule is COc1ccc(C(=O)N(CCCOC(C)C)CCS(=O)(=O)N2CCNCC2)cc1.O=C(O)C(F)(F)F. The highest BCUT2D eigenvalue weighted by Gasteiger charge is 2.38. The highest BCUT2D eigenvalue weighted by Crippen LogP contribution is 2.15. The summed E-state index contributed by atoms with van der Waals surface area (Å²) in [6.07, 6.45) is -4.32. The van der Waals surface area contributed by atoms with Crippen LogP contribution in [0.3, 0.4) is 0 Å². The van der Waals surface area contributed by atoms with Crippen LogP contribution in [0.4, 0.5) is 13.2 Å². The molecule has 36 heavy (non-hydrogen) atoms. The van der Waals surface area contributed by atoms with Crippen LogP contribution >= 0.6 is 0 Å². The quantitative estimate of drug-likeness (QED) is 0.407. The number of benzene rings is 1. The summed E-state index contributed by atoms with van der Waals surface area (Å²) in [7, 11) is -1.83. The molecule has 2 rings (SSSR count). The van der Waals surface area contributed by atoms with Crippen molar-refractivity contribution in [2.45, 2.75) is 32.5 Å². The van der Waals surface area contributed by atoms with Gasteiger partial charge in [0.25, 0.3) is 5.91 Å². The minimum Gasteiger partial charge on any atom is -0.497 e. The Bertz CT molecular complexity index is 920. The molecule has 0 saturated carbocycles. The second-order valence-electron chi connectivity index (χ2n) is 8.06. The summed E-state index contributed by atoms with van der Waals surface area (Å²) in [6.45, 7) is 7.28. The topological polar surface area (TPSA) is 125 Å². The van der Waals surface area contributed by atoms with Crippen LogP contribution in [0, 0.1) is 0 Å². The van der Waals surface area contributed by atoms with Crippen molar-refractivity contribution in [3.8, 4) is 5.75 Å². The third-order valence-electron chi connectivity index (χ3n) is 4.98. The maximum Gasteiger partial charge on any atom is 0.490 e. The number of halogens is 3. The minimum atomic E-state index is -5.08. The Morgan fingerprint density at radius 3 is 2.17 bits per heavy atom. The van der Waals surface area contributed by atoms with E-state index in [0.717, 1.165) is 0 Å². The zero-order valence-electron chi connectivity index (χ0n) is 20.6. The van der Waals surface area contributed by atoms with Gasteiger partial charge in [0, 0.05) is 51.4 Å². The van der Waals surface area contributed by atoms with E-state index >= 15 is 0 Å². The molecular weight excluding hydrogens is 507 g/mol. The zero-order valence-corrected chi connectivity index (χ0v) is 21.4. The number of nitrogens with one attached hydrogen (secondary N) is 1. The Hall–Kier alpha value is -2.42. The lowest BCUT2D eigenvalue weighted by Gasteiger charge is -2.28. The molecule has 0 radical (unpaired) electrons. The molecule has 1 saturated heterocycles. The Morgan fingerprint density at radius 1 is 1.14 bits per heavy atom. The predicted molar refractivity (Wildman–Crippen MR) is 127 cm³/mol. The summed E-state index contributed by atoms with van der Waals surface area (Å²) in [5.41, 5.74) is 0.509. The van der Waals surface area contributed by atoms with Crippen LogP contribution in [-0.4, -0.2) is 106 Å². The minimum absolute atomic E-state index is 0.0834. The summed E-state index contributed by atoms with van der Waals surface area (Å²) < 4.78 is 69.3. The van der Waals surface area contributed by atoms with Crippen LogP contribution in [-0.2, 0) is 19.6 Å². The molecule has 206 valence electrons. The summed E-state index contributed by atoms with van der Waals surface area (Å²) in [5.74, 6) is -2.36. The number of alkyl halides is 3. The van der Waals surface area contributed by atoms with E-state index in [1.807, 2.05) is 13.8 Å². The number of amides is 1. The van der Waals surface area contributed by atoms with Crippen LogP contribution in [0.2, 0.25) is 0 Å². The van der Waals surface area contributed by atoms with E-state index in [9.17, 15) is 26.4 Å². The smallest absolute Gasteiger partial charge is 0.490 e. The molecule has 0 aliphatic carbocycles. The number of carbonyl (C=O) groups excluding carboxylic acids is 1. The Kier molecular flexibility index (Phi) is 13.1. The van der Waals surface area contributed by atoms with Crippen LogP contribution in [0.5, 0.6) is 5.75 Å². The first-order valence-electron chi connectivity index (χ1n) is 11.3. The van der Waals surface area contributed by atoms with Crippen molar-refractivity contribution in [3.05, 3.63) is 29.8 Å². The maximum atomic E-state index is 13.0. The molecule has 0 bridgehead atoms. The van der Waals surface area contributed by atoms with Crippen molar-refractivity contribution in [2.75, 3.05) is 58.7 Å². The van der Waals surface area contributed by atoms with Crippen LogP contribution in [0.1, 0.15) is 30.6 Å². The number of rotatable bonds is 11. The number of methoxy groups -OCH3 is 1. The van der Waals surface area contributed by atoms with Crippen LogP contribution < -0.4 is 10.1 Å². The molecule has 1 amide bonds. The number of piperazine rings is 1. The van der Waals surface area contributed by atoms with Gasteiger partial charge in [-0.3, -0.25) is 4.79 Å². The van der Waals surface area contributed by atoms with Crippen LogP contribution in [0.15, 0.2) is 24.3 Å². The predicted octanol–water partition coefficient (Wildman–Crippen LogP) is 1.82. The number of ether oxygens (including phenoxy) is 2. The average Bonchev–Trinajstić information content (AvgIpc) is 2.83. The number of sulfonamides is 1. The standard InChI is InChI=1S/C20H33N3O5S.C2HF3O2/c1-17(2)28-15-4-11-22(20(24)18-5-7-19(27-3)8-6-18)14-16-29(25,26)23-12-9-21-10-13-23;3-2(4,5)1(6)7/h5-8,17,21H,4,9-16H2,1-3H3;(H,6,7). The molecule has 2 N–H and O–H groups in total. The van der Waals surface area contributed by atoms with Gasteiger partial charge in [0.15, 0.2) is 0 Å². The summed E-state index contributed by atoms with van der Waals surface area (Å²) in [6, 6.07) is 6.85. The summed E-state index contributed by atoms with van der Waals surface area (Å²) in [5, 5.41) is 10.3. The van der Waals surface area contributed by atoms with Gasteiger partial charge in [0.05, 0.1) is 19.0 Å². The molecule has 1 aliphatic rings. The fraction of sp³-hybridized carbons (Fsp3) is 0.636. The molecule has 0 spiro atoms. The molecule has 1 aromatic rings. The molecule has 14 heteroatoms. The normalized spacial score (nSPS) is 14.6. The third kappa shape index (κ3) is 11.5. The third-order valence-corrected chi connectivity index (χ3v) is 6.83. The van der Waals surface area contributed by atoms with Gasteiger partial charge in [-0.1, -0.05) is 0 Å². The summed E-state index contributed by atoms with van der Waals surface area (Å²) in [4.78, 5) is 23.5. The molecular formula is C22H34F3N3O7S. The van der Waals surface area contributed by atoms with Crippen molar-refractivity contribution < 1.29 is 45.8 Å². The molecule has 0 atom stereocenters. The van der Waals surface area contributed by atoms with Crippen molar-refractivity contribution >= 4 is 21.9 Å². The van der Waals surface area contributed by atoms with E-state index in [1.54, 1.807) is 36.3 Å². The molecule has 0 unspecified atom stereocenters. The van der Waals surface area contributed by atoms with Gasteiger partial charge in [-0.25, -0.2) is 13.2 Å². The van der Waals surface area contributed by atoms with E-state index in [4.69, 9.17) is 19.4 Å². The van der Waals surface area contributed by atoms with Crippen molar-refractivity contribution in [3.63, 3.8) is 0 Å². The van der Waals surface area contributed by atoms with Crippen molar-refractivity contribution in [1.29, 1.82) is 0 Å². The van der Waals surface area contributed by atoms with E-state index < -0.39 is 22.2 Å². The Labute approximate surface area is 209 Å². The van der Waals surface area contributed by atoms with Crippen molar-refractivity contribution in [2.24, 2.45) is 0 Å². The van der Waals surface area contributed by atoms with Gasteiger partial charge < -0.3 is 24.8 Å². The maximum absolute atomic E-state index is 13.0. The van der Waals surface area contributed by atoms with Crippen LogP contribution in [0.25, 0.3) is 0 Å². The molecule has 1 aromatic carbocycles. The average molecular weight is 542 g/mol. The molecule has 1 heterocycles. The van der Waals surface area contributed by atoms with E-state index in [2.05, 4.69) is 5.32 Å². The molecule has 0 aromatic heterocycles. The zero-order chi connectivity index (χ0) is 27.4. The first-order valence-corrected chi connectivity index (χ1v) is 12.9. The first kappa shape index (κ1) is 31.6. The number of nitrogens with zero attached hydrogens (tertiary/aromatic N) is 2. The lowest BCUT2D eigenvalue weighted by atomic mass is 10.2. The largest absolute Gasteiger partial charge is 0.497 e. The summed E-state index contributed by atoms with van der Waals surface area (Å²) >= 11 is 0. The molecule has 1 fully saturated rings. The van der Waals surface area contributed by atoms with Gasteiger partial charge >= 0.3 is 12.1 Å². The second-order valence-corrected chi connectivity index (χ2v) is 10.2. The van der Waals surface area contributed by atoms with Gasteiger partial charge in [0.1, 0.15) is 5.75 Å². The molecule has 10 nitrogen and oxygen atoms in total. The second kappa shape index (κ2) is 15.0. The lowest BCUT2D eigenvalue weighted by molar-refractivity contribution is -0.192. The highest BCUT2D eigenvalue weighted by molar-refractivity contribution is 7.89. The highest BCUT2D eigenvalue weighted by atomic mass is 32.2. The number of carboxylic acid groups (broad SMARTS) is 1. The van der Waals surface area contributed by atoms with Gasteiger partial charge in [-0.05, 0) is 44.5 Å².